The fourth-order valence-electron chi connectivity index (χ4n) is 1.96. The van der Waals surface area contributed by atoms with Crippen LogP contribution < -0.4 is 5.32 Å². The molecule has 88 valence electrons. The second-order valence-electron chi connectivity index (χ2n) is 4.16. The van der Waals surface area contributed by atoms with Gasteiger partial charge in [0.2, 0.25) is 0 Å². The Morgan fingerprint density at radius 3 is 3.06 bits per heavy atom. The van der Waals surface area contributed by atoms with Crippen LogP contribution in [0.2, 0.25) is 0 Å². The zero-order chi connectivity index (χ0) is 11.4. The lowest BCUT2D eigenvalue weighted by Gasteiger charge is -2.13. The number of rotatable bonds is 4. The molecule has 0 spiro atoms. The molecule has 1 aromatic rings. The zero-order valence-corrected chi connectivity index (χ0v) is 10.7. The van der Waals surface area contributed by atoms with Crippen LogP contribution in [0.1, 0.15) is 29.8 Å². The molecule has 3 heteroatoms. The van der Waals surface area contributed by atoms with Gasteiger partial charge in [0.25, 0.3) is 0 Å². The first-order chi connectivity index (χ1) is 7.83. The normalized spacial score (nSPS) is 24.9. The monoisotopic (exact) mass is 237 g/mol. The topological polar surface area (TPSA) is 21.3 Å². The van der Waals surface area contributed by atoms with Crippen LogP contribution in [-0.2, 0) is 11.3 Å². The number of benzene rings is 1. The molecule has 0 saturated carbocycles. The molecular weight excluding hydrogens is 218 g/mol. The third-order valence-corrected chi connectivity index (χ3v) is 4.25. The van der Waals surface area contributed by atoms with E-state index in [1.54, 1.807) is 7.11 Å². The average Bonchev–Trinajstić information content (AvgIpc) is 2.78. The maximum atomic E-state index is 5.16. The van der Waals surface area contributed by atoms with E-state index in [-0.39, 0.29) is 0 Å². The largest absolute Gasteiger partial charge is 0.380 e. The Morgan fingerprint density at radius 1 is 1.50 bits per heavy atom. The molecule has 0 bridgehead atoms. The van der Waals surface area contributed by atoms with Crippen LogP contribution in [0.3, 0.4) is 0 Å². The van der Waals surface area contributed by atoms with Gasteiger partial charge in [-0.1, -0.05) is 31.2 Å². The van der Waals surface area contributed by atoms with Crippen molar-refractivity contribution in [1.29, 1.82) is 0 Å². The number of ether oxygens (including phenoxy) is 1. The molecule has 0 radical (unpaired) electrons. The lowest BCUT2D eigenvalue weighted by atomic mass is 10.1. The smallest absolute Gasteiger partial charge is 0.0792 e. The summed E-state index contributed by atoms with van der Waals surface area (Å²) < 4.78 is 5.16. The van der Waals surface area contributed by atoms with Crippen LogP contribution >= 0.6 is 11.8 Å². The van der Waals surface area contributed by atoms with Gasteiger partial charge < -0.3 is 4.74 Å². The highest BCUT2D eigenvalue weighted by atomic mass is 32.2. The molecule has 1 aliphatic rings. The van der Waals surface area contributed by atoms with Crippen molar-refractivity contribution in [1.82, 2.24) is 5.32 Å². The first kappa shape index (κ1) is 12.0. The van der Waals surface area contributed by atoms with Crippen LogP contribution in [-0.4, -0.2) is 18.9 Å². The molecule has 1 heterocycles. The molecule has 16 heavy (non-hydrogen) atoms. The molecule has 1 fully saturated rings. The van der Waals surface area contributed by atoms with Crippen molar-refractivity contribution in [2.75, 3.05) is 12.9 Å². The van der Waals surface area contributed by atoms with Gasteiger partial charge in [-0.25, -0.2) is 0 Å². The summed E-state index contributed by atoms with van der Waals surface area (Å²) in [5.74, 6) is 1.22. The van der Waals surface area contributed by atoms with Crippen molar-refractivity contribution < 1.29 is 4.74 Å². The molecule has 1 aromatic carbocycles. The van der Waals surface area contributed by atoms with Gasteiger partial charge in [-0.15, -0.1) is 11.8 Å². The molecule has 1 saturated heterocycles. The van der Waals surface area contributed by atoms with E-state index in [9.17, 15) is 0 Å². The van der Waals surface area contributed by atoms with Gasteiger partial charge in [0.15, 0.2) is 0 Å². The minimum atomic E-state index is 0.460. The Morgan fingerprint density at radius 2 is 2.38 bits per heavy atom. The molecule has 2 nitrogen and oxygen atoms in total. The molecule has 0 aliphatic carbocycles. The molecular formula is C13H19NOS. The van der Waals surface area contributed by atoms with Crippen molar-refractivity contribution in [3.8, 4) is 0 Å². The highest BCUT2D eigenvalue weighted by Gasteiger charge is 2.23. The minimum Gasteiger partial charge on any atom is -0.380 e. The fourth-order valence-corrected chi connectivity index (χ4v) is 3.35. The first-order valence-corrected chi connectivity index (χ1v) is 6.83. The highest BCUT2D eigenvalue weighted by Crippen LogP contribution is 2.33. The lowest BCUT2D eigenvalue weighted by molar-refractivity contribution is 0.185. The zero-order valence-electron chi connectivity index (χ0n) is 9.90. The van der Waals surface area contributed by atoms with Gasteiger partial charge in [0, 0.05) is 18.9 Å². The Balaban J connectivity index is 2.06. The van der Waals surface area contributed by atoms with E-state index in [1.807, 2.05) is 11.8 Å². The Bertz CT molecular complexity index is 342. The molecule has 0 aromatic heterocycles. The van der Waals surface area contributed by atoms with Gasteiger partial charge in [-0.3, -0.25) is 5.32 Å². The Hall–Kier alpha value is -0.510. The first-order valence-electron chi connectivity index (χ1n) is 5.79. The Labute approximate surface area is 102 Å². The number of hydrogen-bond donors (Lipinski definition) is 1. The summed E-state index contributed by atoms with van der Waals surface area (Å²) in [6, 6.07) is 9.34. The highest BCUT2D eigenvalue weighted by molar-refractivity contribution is 7.99. The molecule has 2 atom stereocenters. The van der Waals surface area contributed by atoms with E-state index >= 15 is 0 Å². The van der Waals surface area contributed by atoms with Crippen LogP contribution in [0, 0.1) is 0 Å². The van der Waals surface area contributed by atoms with Crippen molar-refractivity contribution in [3.05, 3.63) is 35.4 Å². The summed E-state index contributed by atoms with van der Waals surface area (Å²) in [7, 11) is 1.74. The third-order valence-electron chi connectivity index (χ3n) is 2.91. The van der Waals surface area contributed by atoms with Gasteiger partial charge in [0.05, 0.1) is 12.0 Å². The van der Waals surface area contributed by atoms with Crippen LogP contribution in [0.4, 0.5) is 0 Å². The number of hydrogen-bond acceptors (Lipinski definition) is 3. The van der Waals surface area contributed by atoms with Crippen LogP contribution in [0.15, 0.2) is 24.3 Å². The number of thioether (sulfide) groups is 1. The lowest BCUT2D eigenvalue weighted by Crippen LogP contribution is -2.24. The number of methoxy groups -OCH3 is 1. The molecule has 2 unspecified atom stereocenters. The van der Waals surface area contributed by atoms with Crippen LogP contribution in [0.25, 0.3) is 0 Å². The summed E-state index contributed by atoms with van der Waals surface area (Å²) in [6.45, 7) is 2.93. The van der Waals surface area contributed by atoms with Crippen molar-refractivity contribution in [2.24, 2.45) is 0 Å². The summed E-state index contributed by atoms with van der Waals surface area (Å²) in [4.78, 5) is 0. The second kappa shape index (κ2) is 5.71. The summed E-state index contributed by atoms with van der Waals surface area (Å²) in [6.07, 6.45) is 1.21. The predicted molar refractivity (Wildman–Crippen MR) is 69.6 cm³/mol. The second-order valence-corrected chi connectivity index (χ2v) is 5.30. The van der Waals surface area contributed by atoms with E-state index in [4.69, 9.17) is 4.74 Å². The predicted octanol–water partition coefficient (Wildman–Crippen LogP) is 2.95. The maximum Gasteiger partial charge on any atom is 0.0792 e. The summed E-state index contributed by atoms with van der Waals surface area (Å²) in [5.41, 5.74) is 2.62. The third kappa shape index (κ3) is 2.78. The van der Waals surface area contributed by atoms with E-state index in [0.29, 0.717) is 18.0 Å². The van der Waals surface area contributed by atoms with Crippen LogP contribution in [0.5, 0.6) is 0 Å². The molecule has 2 rings (SSSR count). The molecule has 0 amide bonds. The Kier molecular flexibility index (Phi) is 4.27. The average molecular weight is 237 g/mol. The van der Waals surface area contributed by atoms with E-state index in [0.717, 1.165) is 0 Å². The van der Waals surface area contributed by atoms with Crippen molar-refractivity contribution in [2.45, 2.75) is 31.4 Å². The number of nitrogens with one attached hydrogen (secondary N) is 1. The van der Waals surface area contributed by atoms with Crippen molar-refractivity contribution in [3.63, 3.8) is 0 Å². The van der Waals surface area contributed by atoms with E-state index in [2.05, 4.69) is 36.5 Å². The summed E-state index contributed by atoms with van der Waals surface area (Å²) >= 11 is 2.00. The minimum absolute atomic E-state index is 0.460. The van der Waals surface area contributed by atoms with Gasteiger partial charge in [-0.2, -0.15) is 0 Å². The molecule has 1 aliphatic heterocycles. The van der Waals surface area contributed by atoms with Gasteiger partial charge in [-0.05, 0) is 17.5 Å². The fraction of sp³-hybridized carbons (Fsp3) is 0.538. The quantitative estimate of drug-likeness (QED) is 0.870. The molecule has 1 N–H and O–H groups in total. The van der Waals surface area contributed by atoms with Gasteiger partial charge >= 0.3 is 0 Å². The van der Waals surface area contributed by atoms with E-state index in [1.165, 1.54) is 23.3 Å². The standard InChI is InChI=1S/C13H19NOS/c1-3-12-9-16-13(14-12)11-6-4-5-10(7-11)8-15-2/h4-7,12-14H,3,8-9H2,1-2H3. The summed E-state index contributed by atoms with van der Waals surface area (Å²) in [5, 5.41) is 4.11. The van der Waals surface area contributed by atoms with Crippen molar-refractivity contribution >= 4 is 11.8 Å². The maximum absolute atomic E-state index is 5.16. The van der Waals surface area contributed by atoms with Gasteiger partial charge in [0.1, 0.15) is 0 Å². The SMILES string of the molecule is CCC1CSC(c2cccc(COC)c2)N1. The van der Waals surface area contributed by atoms with E-state index < -0.39 is 0 Å².